The molecule has 1 atom stereocenters. The quantitative estimate of drug-likeness (QED) is 0.0365. The fourth-order valence-electron chi connectivity index (χ4n) is 5.09. The Morgan fingerprint density at radius 3 is 1.09 bits per heavy atom. The molecule has 0 fully saturated rings. The smallest absolute Gasteiger partial charge is 0.196 e. The molecule has 35 heavy (non-hydrogen) atoms. The first-order valence-electron chi connectivity index (χ1n) is 15.6. The van der Waals surface area contributed by atoms with Gasteiger partial charge < -0.3 is 9.80 Å². The van der Waals surface area contributed by atoms with Gasteiger partial charge in [0.15, 0.2) is 5.96 Å². The SMILES string of the molecule is CCCCCCCCCCCCCCCCCCCCCCCCCC(Br)N(C)C(=NC)N(C)C. The molecule has 0 aromatic carbocycles. The summed E-state index contributed by atoms with van der Waals surface area (Å²) >= 11 is 3.83. The molecule has 0 aromatic rings. The van der Waals surface area contributed by atoms with Crippen molar-refractivity contribution in [2.75, 3.05) is 28.2 Å². The predicted octanol–water partition coefficient (Wildman–Crippen LogP) is 10.6. The second kappa shape index (κ2) is 26.8. The summed E-state index contributed by atoms with van der Waals surface area (Å²) in [4.78, 5) is 9.07. The lowest BCUT2D eigenvalue weighted by molar-refractivity contribution is 0.386. The highest BCUT2D eigenvalue weighted by molar-refractivity contribution is 9.09. The van der Waals surface area contributed by atoms with Gasteiger partial charge in [0.1, 0.15) is 0 Å². The van der Waals surface area contributed by atoms with Gasteiger partial charge in [0.05, 0.1) is 4.95 Å². The predicted molar refractivity (Wildman–Crippen MR) is 164 cm³/mol. The summed E-state index contributed by atoms with van der Waals surface area (Å²) in [5, 5.41) is 0. The minimum absolute atomic E-state index is 0.374. The summed E-state index contributed by atoms with van der Waals surface area (Å²) in [5.41, 5.74) is 0. The largest absolute Gasteiger partial charge is 0.349 e. The van der Waals surface area contributed by atoms with E-state index in [0.717, 1.165) is 5.96 Å². The van der Waals surface area contributed by atoms with Crippen molar-refractivity contribution in [2.24, 2.45) is 4.99 Å². The molecule has 0 heterocycles. The lowest BCUT2D eigenvalue weighted by Gasteiger charge is -2.30. The second-order valence-electron chi connectivity index (χ2n) is 11.0. The van der Waals surface area contributed by atoms with Crippen LogP contribution in [0.15, 0.2) is 4.99 Å². The maximum absolute atomic E-state index is 4.39. The van der Waals surface area contributed by atoms with E-state index in [-0.39, 0.29) is 0 Å². The molecule has 0 saturated heterocycles. The summed E-state index contributed by atoms with van der Waals surface area (Å²) in [7, 11) is 8.10. The van der Waals surface area contributed by atoms with Crippen LogP contribution in [-0.2, 0) is 0 Å². The zero-order valence-electron chi connectivity index (χ0n) is 24.8. The Bertz CT molecular complexity index is 453. The Balaban J connectivity index is 3.26. The number of guanidine groups is 1. The first-order valence-corrected chi connectivity index (χ1v) is 16.5. The van der Waals surface area contributed by atoms with Crippen molar-refractivity contribution < 1.29 is 0 Å². The van der Waals surface area contributed by atoms with Gasteiger partial charge in [-0.15, -0.1) is 0 Å². The second-order valence-corrected chi connectivity index (χ2v) is 12.1. The van der Waals surface area contributed by atoms with E-state index in [2.05, 4.69) is 58.8 Å². The van der Waals surface area contributed by atoms with Gasteiger partial charge in [0.2, 0.25) is 0 Å². The lowest BCUT2D eigenvalue weighted by Crippen LogP contribution is -2.41. The van der Waals surface area contributed by atoms with Crippen LogP contribution in [0.2, 0.25) is 0 Å². The minimum Gasteiger partial charge on any atom is -0.349 e. The molecule has 0 radical (unpaired) electrons. The van der Waals surface area contributed by atoms with Crippen molar-refractivity contribution in [3.63, 3.8) is 0 Å². The normalized spacial score (nSPS) is 12.8. The third-order valence-electron chi connectivity index (χ3n) is 7.38. The van der Waals surface area contributed by atoms with Gasteiger partial charge in [0.25, 0.3) is 0 Å². The van der Waals surface area contributed by atoms with Gasteiger partial charge in [-0.1, -0.05) is 171 Å². The van der Waals surface area contributed by atoms with Crippen LogP contribution in [0.25, 0.3) is 0 Å². The zero-order chi connectivity index (χ0) is 26.0. The van der Waals surface area contributed by atoms with E-state index in [0.29, 0.717) is 4.95 Å². The Morgan fingerprint density at radius 2 is 0.829 bits per heavy atom. The molecule has 0 aromatic heterocycles. The molecule has 0 amide bonds. The number of nitrogens with zero attached hydrogens (tertiary/aromatic N) is 3. The summed E-state index contributed by atoms with van der Waals surface area (Å²) in [5.74, 6) is 1.03. The molecule has 0 rings (SSSR count). The van der Waals surface area contributed by atoms with Crippen LogP contribution in [0.1, 0.15) is 161 Å². The molecule has 0 N–H and O–H groups in total. The van der Waals surface area contributed by atoms with E-state index < -0.39 is 0 Å². The van der Waals surface area contributed by atoms with E-state index in [1.54, 1.807) is 0 Å². The van der Waals surface area contributed by atoms with Crippen molar-refractivity contribution in [3.05, 3.63) is 0 Å². The summed E-state index contributed by atoms with van der Waals surface area (Å²) in [6.45, 7) is 2.30. The molecule has 4 heteroatoms. The maximum Gasteiger partial charge on any atom is 0.196 e. The van der Waals surface area contributed by atoms with Crippen molar-refractivity contribution in [1.82, 2.24) is 9.80 Å². The Morgan fingerprint density at radius 1 is 0.543 bits per heavy atom. The van der Waals surface area contributed by atoms with Gasteiger partial charge >= 0.3 is 0 Å². The molecule has 1 unspecified atom stereocenters. The molecular weight excluding hydrogens is 494 g/mol. The Labute approximate surface area is 230 Å². The first-order chi connectivity index (χ1) is 17.0. The van der Waals surface area contributed by atoms with Crippen LogP contribution in [0, 0.1) is 0 Å². The Hall–Kier alpha value is -0.250. The number of alkyl halides is 1. The topological polar surface area (TPSA) is 18.8 Å². The molecular formula is C31H64BrN3. The summed E-state index contributed by atoms with van der Waals surface area (Å²) < 4.78 is 0. The minimum atomic E-state index is 0.374. The summed E-state index contributed by atoms with van der Waals surface area (Å²) in [6.07, 6.45) is 34.4. The third kappa shape index (κ3) is 22.7. The monoisotopic (exact) mass is 557 g/mol. The van der Waals surface area contributed by atoms with Crippen LogP contribution in [0.4, 0.5) is 0 Å². The molecule has 0 saturated carbocycles. The Kier molecular flexibility index (Phi) is 26.6. The van der Waals surface area contributed by atoms with Crippen molar-refractivity contribution in [3.8, 4) is 0 Å². The van der Waals surface area contributed by atoms with Crippen molar-refractivity contribution >= 4 is 21.9 Å². The fraction of sp³-hybridized carbons (Fsp3) is 0.968. The molecule has 0 spiro atoms. The zero-order valence-corrected chi connectivity index (χ0v) is 26.4. The molecule has 0 aliphatic carbocycles. The third-order valence-corrected chi connectivity index (χ3v) is 8.45. The number of hydrogen-bond donors (Lipinski definition) is 0. The number of unbranched alkanes of at least 4 members (excludes halogenated alkanes) is 22. The van der Waals surface area contributed by atoms with E-state index >= 15 is 0 Å². The van der Waals surface area contributed by atoms with Gasteiger partial charge in [-0.25, -0.2) is 0 Å². The highest BCUT2D eigenvalue weighted by Gasteiger charge is 2.15. The van der Waals surface area contributed by atoms with E-state index in [1.165, 1.54) is 154 Å². The van der Waals surface area contributed by atoms with E-state index in [9.17, 15) is 0 Å². The fourth-order valence-corrected chi connectivity index (χ4v) is 5.60. The van der Waals surface area contributed by atoms with Crippen LogP contribution in [-0.4, -0.2) is 48.9 Å². The van der Waals surface area contributed by atoms with Gasteiger partial charge in [0, 0.05) is 28.2 Å². The van der Waals surface area contributed by atoms with Crippen molar-refractivity contribution in [1.29, 1.82) is 0 Å². The van der Waals surface area contributed by atoms with E-state index in [1.807, 2.05) is 7.05 Å². The number of halogens is 1. The molecule has 0 aliphatic rings. The van der Waals surface area contributed by atoms with Gasteiger partial charge in [-0.2, -0.15) is 0 Å². The van der Waals surface area contributed by atoms with E-state index in [4.69, 9.17) is 0 Å². The lowest BCUT2D eigenvalue weighted by atomic mass is 10.0. The highest BCUT2D eigenvalue weighted by Crippen LogP contribution is 2.18. The molecule has 210 valence electrons. The standard InChI is InChI=1S/C31H64BrN3/c1-6-7-8-9-10-11-12-13-14-15-16-17-18-19-20-21-22-23-24-25-26-27-28-29-30(32)35(5)31(33-2)34(3)4/h30H,6-29H2,1-5H3. The highest BCUT2D eigenvalue weighted by atomic mass is 79.9. The van der Waals surface area contributed by atoms with Crippen LogP contribution < -0.4 is 0 Å². The molecule has 3 nitrogen and oxygen atoms in total. The average Bonchev–Trinajstić information content (AvgIpc) is 2.84. The number of rotatable bonds is 25. The average molecular weight is 559 g/mol. The first kappa shape index (κ1) is 34.8. The molecule has 0 bridgehead atoms. The number of hydrogen-bond acceptors (Lipinski definition) is 1. The van der Waals surface area contributed by atoms with Crippen LogP contribution in [0.3, 0.4) is 0 Å². The van der Waals surface area contributed by atoms with Crippen molar-refractivity contribution in [2.45, 2.75) is 166 Å². The van der Waals surface area contributed by atoms with Crippen LogP contribution in [0.5, 0.6) is 0 Å². The summed E-state index contributed by atoms with van der Waals surface area (Å²) in [6, 6.07) is 0. The maximum atomic E-state index is 4.39. The van der Waals surface area contributed by atoms with Gasteiger partial charge in [-0.05, 0) is 6.42 Å². The van der Waals surface area contributed by atoms with Gasteiger partial charge in [-0.3, -0.25) is 4.99 Å². The van der Waals surface area contributed by atoms with Crippen LogP contribution >= 0.6 is 15.9 Å². The number of aliphatic imine (C=N–C) groups is 1. The molecule has 0 aliphatic heterocycles.